The Morgan fingerprint density at radius 1 is 1.13 bits per heavy atom. The number of rotatable bonds is 5. The first-order valence-corrected chi connectivity index (χ1v) is 11.4. The molecule has 2 aliphatic heterocycles. The lowest BCUT2D eigenvalue weighted by atomic mass is 10.2. The number of sulfonamides is 1. The summed E-state index contributed by atoms with van der Waals surface area (Å²) in [4.78, 5) is 14.3. The van der Waals surface area contributed by atoms with E-state index in [1.807, 2.05) is 30.3 Å². The highest BCUT2D eigenvalue weighted by Crippen LogP contribution is 2.33. The Hall–Kier alpha value is -2.78. The van der Waals surface area contributed by atoms with Crippen LogP contribution in [0.1, 0.15) is 6.92 Å². The summed E-state index contributed by atoms with van der Waals surface area (Å²) >= 11 is 0. The van der Waals surface area contributed by atoms with Crippen molar-refractivity contribution >= 4 is 27.4 Å². The lowest BCUT2D eigenvalue weighted by Crippen LogP contribution is -2.48. The summed E-state index contributed by atoms with van der Waals surface area (Å²) in [5, 5.41) is 3.08. The van der Waals surface area contributed by atoms with Crippen LogP contribution in [0.4, 0.5) is 11.4 Å². The third kappa shape index (κ3) is 4.08. The average Bonchev–Trinajstić information content (AvgIpc) is 2.79. The zero-order chi connectivity index (χ0) is 21.1. The molecule has 0 spiro atoms. The third-order valence-electron chi connectivity index (χ3n) is 5.25. The van der Waals surface area contributed by atoms with E-state index >= 15 is 0 Å². The van der Waals surface area contributed by atoms with E-state index in [1.54, 1.807) is 19.1 Å². The molecule has 2 aromatic rings. The van der Waals surface area contributed by atoms with Gasteiger partial charge in [-0.25, -0.2) is 13.2 Å². The molecule has 0 aromatic heterocycles. The first kappa shape index (κ1) is 20.5. The topological polar surface area (TPSA) is 88.2 Å². The van der Waals surface area contributed by atoms with Gasteiger partial charge in [-0.15, -0.1) is 0 Å². The smallest absolute Gasteiger partial charge is 0.349 e. The molecular formula is C21H25N3O5S. The van der Waals surface area contributed by atoms with Crippen LogP contribution in [0.2, 0.25) is 0 Å². The molecule has 0 aliphatic carbocycles. The van der Waals surface area contributed by atoms with Crippen molar-refractivity contribution in [1.29, 1.82) is 0 Å². The Balaban J connectivity index is 1.45. The van der Waals surface area contributed by atoms with E-state index in [2.05, 4.69) is 10.2 Å². The fourth-order valence-electron chi connectivity index (χ4n) is 3.65. The van der Waals surface area contributed by atoms with Crippen molar-refractivity contribution in [3.63, 3.8) is 0 Å². The van der Waals surface area contributed by atoms with Crippen LogP contribution in [0.5, 0.6) is 5.75 Å². The molecule has 2 aliphatic rings. The zero-order valence-electron chi connectivity index (χ0n) is 16.8. The summed E-state index contributed by atoms with van der Waals surface area (Å²) in [5.74, 6) is -0.00390. The van der Waals surface area contributed by atoms with Gasteiger partial charge in [0.15, 0.2) is 0 Å². The van der Waals surface area contributed by atoms with E-state index in [4.69, 9.17) is 9.47 Å². The molecule has 1 N–H and O–H groups in total. The van der Waals surface area contributed by atoms with Crippen LogP contribution in [0.15, 0.2) is 53.4 Å². The van der Waals surface area contributed by atoms with Crippen molar-refractivity contribution in [3.05, 3.63) is 48.5 Å². The SMILES string of the molecule is CCOC(=O)[C@H]1CNc2cc(S(=O)(=O)N3CCN(c4ccccc4)CC3)ccc2O1. The van der Waals surface area contributed by atoms with Gasteiger partial charge in [0, 0.05) is 31.9 Å². The van der Waals surface area contributed by atoms with Crippen LogP contribution >= 0.6 is 0 Å². The quantitative estimate of drug-likeness (QED) is 0.724. The summed E-state index contributed by atoms with van der Waals surface area (Å²) < 4.78 is 38.4. The highest BCUT2D eigenvalue weighted by Gasteiger charge is 2.31. The Kier molecular flexibility index (Phi) is 5.83. The predicted octanol–water partition coefficient (Wildman–Crippen LogP) is 1.93. The lowest BCUT2D eigenvalue weighted by Gasteiger charge is -2.35. The van der Waals surface area contributed by atoms with Crippen molar-refractivity contribution in [1.82, 2.24) is 4.31 Å². The summed E-state index contributed by atoms with van der Waals surface area (Å²) in [7, 11) is -3.62. The molecule has 0 radical (unpaired) electrons. The summed E-state index contributed by atoms with van der Waals surface area (Å²) in [6.45, 7) is 4.35. The van der Waals surface area contributed by atoms with Gasteiger partial charge in [-0.3, -0.25) is 0 Å². The fourth-order valence-corrected chi connectivity index (χ4v) is 5.10. The van der Waals surface area contributed by atoms with Gasteiger partial charge < -0.3 is 19.7 Å². The van der Waals surface area contributed by atoms with Crippen molar-refractivity contribution in [2.75, 3.05) is 49.5 Å². The fraction of sp³-hybridized carbons (Fsp3) is 0.381. The van der Waals surface area contributed by atoms with Gasteiger partial charge in [-0.05, 0) is 37.3 Å². The predicted molar refractivity (Wildman–Crippen MR) is 113 cm³/mol. The Labute approximate surface area is 176 Å². The Bertz CT molecular complexity index is 1000. The highest BCUT2D eigenvalue weighted by molar-refractivity contribution is 7.89. The number of hydrogen-bond acceptors (Lipinski definition) is 7. The molecule has 2 heterocycles. The van der Waals surface area contributed by atoms with Crippen molar-refractivity contribution in [3.8, 4) is 5.75 Å². The normalized spacial score (nSPS) is 19.4. The molecule has 9 heteroatoms. The van der Waals surface area contributed by atoms with Gasteiger partial charge in [-0.1, -0.05) is 18.2 Å². The van der Waals surface area contributed by atoms with Gasteiger partial charge in [0.2, 0.25) is 16.1 Å². The first-order valence-electron chi connectivity index (χ1n) is 10.0. The second-order valence-electron chi connectivity index (χ2n) is 7.12. The van der Waals surface area contributed by atoms with Crippen LogP contribution in [0.25, 0.3) is 0 Å². The second-order valence-corrected chi connectivity index (χ2v) is 9.06. The number of carbonyl (C=O) groups is 1. The molecule has 4 rings (SSSR count). The number of para-hydroxylation sites is 1. The maximum atomic E-state index is 13.1. The number of carbonyl (C=O) groups excluding carboxylic acids is 1. The summed E-state index contributed by atoms with van der Waals surface area (Å²) in [6.07, 6.45) is -0.744. The standard InChI is InChI=1S/C21H25N3O5S/c1-2-28-21(25)20-15-22-18-14-17(8-9-19(18)29-20)30(26,27)24-12-10-23(11-13-24)16-6-4-3-5-7-16/h3-9,14,20,22H,2,10-13,15H2,1H3/t20-/m1/s1. The van der Waals surface area contributed by atoms with Crippen LogP contribution < -0.4 is 15.0 Å². The number of hydrogen-bond donors (Lipinski definition) is 1. The molecule has 0 amide bonds. The number of benzene rings is 2. The van der Waals surface area contributed by atoms with Crippen LogP contribution in [-0.4, -0.2) is 64.1 Å². The van der Waals surface area contributed by atoms with E-state index in [0.29, 0.717) is 37.6 Å². The number of ether oxygens (including phenoxy) is 2. The molecule has 0 unspecified atom stereocenters. The molecule has 1 saturated heterocycles. The summed E-state index contributed by atoms with van der Waals surface area (Å²) in [6, 6.07) is 14.7. The van der Waals surface area contributed by atoms with E-state index in [1.165, 1.54) is 10.4 Å². The molecule has 30 heavy (non-hydrogen) atoms. The number of esters is 1. The maximum absolute atomic E-state index is 13.1. The largest absolute Gasteiger partial charge is 0.475 e. The molecule has 0 bridgehead atoms. The van der Waals surface area contributed by atoms with Gasteiger partial charge in [0.1, 0.15) is 5.75 Å². The molecule has 1 atom stereocenters. The number of anilines is 2. The molecule has 0 saturated carbocycles. The van der Waals surface area contributed by atoms with Crippen LogP contribution in [0, 0.1) is 0 Å². The van der Waals surface area contributed by atoms with E-state index in [-0.39, 0.29) is 18.0 Å². The molecule has 8 nitrogen and oxygen atoms in total. The first-order chi connectivity index (χ1) is 14.5. The second kappa shape index (κ2) is 8.53. The molecular weight excluding hydrogens is 406 g/mol. The average molecular weight is 432 g/mol. The minimum atomic E-state index is -3.62. The highest BCUT2D eigenvalue weighted by atomic mass is 32.2. The van der Waals surface area contributed by atoms with Gasteiger partial charge in [-0.2, -0.15) is 4.31 Å². The van der Waals surface area contributed by atoms with Gasteiger partial charge in [0.25, 0.3) is 0 Å². The summed E-state index contributed by atoms with van der Waals surface area (Å²) in [5.41, 5.74) is 1.65. The number of nitrogens with one attached hydrogen (secondary N) is 1. The van der Waals surface area contributed by atoms with Crippen molar-refractivity contribution < 1.29 is 22.7 Å². The van der Waals surface area contributed by atoms with Crippen LogP contribution in [0.3, 0.4) is 0 Å². The minimum Gasteiger partial charge on any atom is -0.475 e. The van der Waals surface area contributed by atoms with Crippen molar-refractivity contribution in [2.24, 2.45) is 0 Å². The Morgan fingerprint density at radius 3 is 2.57 bits per heavy atom. The van der Waals surface area contributed by atoms with E-state index in [9.17, 15) is 13.2 Å². The maximum Gasteiger partial charge on any atom is 0.349 e. The van der Waals surface area contributed by atoms with Gasteiger partial charge >= 0.3 is 5.97 Å². The molecule has 1 fully saturated rings. The van der Waals surface area contributed by atoms with Gasteiger partial charge in [0.05, 0.1) is 23.7 Å². The number of nitrogens with zero attached hydrogens (tertiary/aromatic N) is 2. The van der Waals surface area contributed by atoms with E-state index in [0.717, 1.165) is 5.69 Å². The lowest BCUT2D eigenvalue weighted by molar-refractivity contribution is -0.150. The monoisotopic (exact) mass is 431 g/mol. The Morgan fingerprint density at radius 2 is 1.87 bits per heavy atom. The number of fused-ring (bicyclic) bond motifs is 1. The number of piperazine rings is 1. The molecule has 160 valence electrons. The van der Waals surface area contributed by atoms with Crippen molar-refractivity contribution in [2.45, 2.75) is 17.9 Å². The minimum absolute atomic E-state index is 0.208. The molecule has 2 aromatic carbocycles. The van der Waals surface area contributed by atoms with Crippen LogP contribution in [-0.2, 0) is 19.6 Å². The zero-order valence-corrected chi connectivity index (χ0v) is 17.6. The third-order valence-corrected chi connectivity index (χ3v) is 7.14. The van der Waals surface area contributed by atoms with E-state index < -0.39 is 22.1 Å².